The van der Waals surface area contributed by atoms with Gasteiger partial charge in [-0.2, -0.15) is 5.10 Å². The molecule has 0 radical (unpaired) electrons. The Morgan fingerprint density at radius 2 is 2.04 bits per heavy atom. The van der Waals surface area contributed by atoms with E-state index in [2.05, 4.69) is 12.0 Å². The molecule has 0 spiro atoms. The van der Waals surface area contributed by atoms with E-state index in [9.17, 15) is 9.59 Å². The van der Waals surface area contributed by atoms with Crippen molar-refractivity contribution in [2.75, 3.05) is 31.7 Å². The number of benzene rings is 1. The highest BCUT2D eigenvalue weighted by Gasteiger charge is 2.27. The molecule has 0 amide bonds. The lowest BCUT2D eigenvalue weighted by molar-refractivity contribution is -0.141. The number of methoxy groups -OCH3 is 1. The molecule has 7 nitrogen and oxygen atoms in total. The van der Waals surface area contributed by atoms with E-state index >= 15 is 0 Å². The average molecular weight is 371 g/mol. The lowest BCUT2D eigenvalue weighted by Gasteiger charge is -2.33. The molecular weight excluding hydrogens is 346 g/mol. The number of nitrogens with zero attached hydrogens (tertiary/aromatic N) is 3. The minimum absolute atomic E-state index is 0.108. The van der Waals surface area contributed by atoms with Gasteiger partial charge in [0, 0.05) is 12.1 Å². The minimum atomic E-state index is -0.292. The van der Waals surface area contributed by atoms with Gasteiger partial charge in [-0.3, -0.25) is 9.59 Å². The Hall–Kier alpha value is -2.83. The van der Waals surface area contributed by atoms with Crippen LogP contribution in [0.4, 0.5) is 5.69 Å². The molecule has 1 unspecified atom stereocenters. The van der Waals surface area contributed by atoms with Crippen LogP contribution in [0.15, 0.2) is 35.3 Å². The molecule has 0 bridgehead atoms. The van der Waals surface area contributed by atoms with E-state index in [0.717, 1.165) is 17.0 Å². The minimum Gasteiger partial charge on any atom is -0.497 e. The Balaban J connectivity index is 1.86. The molecule has 2 aromatic rings. The largest absolute Gasteiger partial charge is 0.497 e. The number of hydrogen-bond donors (Lipinski definition) is 0. The zero-order valence-corrected chi connectivity index (χ0v) is 16.0. The Kier molecular flexibility index (Phi) is 5.78. The Morgan fingerprint density at radius 3 is 2.70 bits per heavy atom. The molecule has 1 aliphatic heterocycles. The van der Waals surface area contributed by atoms with Crippen molar-refractivity contribution in [3.05, 3.63) is 51.9 Å². The summed E-state index contributed by atoms with van der Waals surface area (Å²) >= 11 is 0. The van der Waals surface area contributed by atoms with Crippen LogP contribution in [0.5, 0.6) is 5.75 Å². The van der Waals surface area contributed by atoms with Gasteiger partial charge in [-0.1, -0.05) is 19.1 Å². The summed E-state index contributed by atoms with van der Waals surface area (Å²) < 4.78 is 11.7. The first kappa shape index (κ1) is 18.9. The van der Waals surface area contributed by atoms with Crippen molar-refractivity contribution in [1.29, 1.82) is 0 Å². The molecule has 7 heteroatoms. The predicted molar refractivity (Wildman–Crippen MR) is 102 cm³/mol. The maximum Gasteiger partial charge on any atom is 0.325 e. The summed E-state index contributed by atoms with van der Waals surface area (Å²) in [6.07, 6.45) is 2.37. The first-order chi connectivity index (χ1) is 13.0. The van der Waals surface area contributed by atoms with Gasteiger partial charge in [0.15, 0.2) is 0 Å². The Morgan fingerprint density at radius 1 is 1.30 bits per heavy atom. The number of anilines is 1. The fourth-order valence-electron chi connectivity index (χ4n) is 3.40. The quantitative estimate of drug-likeness (QED) is 0.722. The van der Waals surface area contributed by atoms with Gasteiger partial charge < -0.3 is 14.4 Å². The SMILES string of the molecule is CCOC(=O)CN1CC(C)Cc2c1cnn(Cc1ccc(OC)cc1)c2=O. The number of carbonyl (C=O) groups is 1. The molecule has 1 atom stereocenters. The van der Waals surface area contributed by atoms with Crippen molar-refractivity contribution in [3.63, 3.8) is 0 Å². The molecule has 0 fully saturated rings. The van der Waals surface area contributed by atoms with Gasteiger partial charge in [-0.05, 0) is 37.0 Å². The first-order valence-corrected chi connectivity index (χ1v) is 9.14. The number of aromatic nitrogens is 2. The van der Waals surface area contributed by atoms with E-state index in [1.807, 2.05) is 29.2 Å². The molecule has 144 valence electrons. The smallest absolute Gasteiger partial charge is 0.325 e. The maximum atomic E-state index is 13.0. The molecule has 0 saturated heterocycles. The second-order valence-electron chi connectivity index (χ2n) is 6.81. The molecule has 2 heterocycles. The summed E-state index contributed by atoms with van der Waals surface area (Å²) in [7, 11) is 1.62. The topological polar surface area (TPSA) is 73.7 Å². The van der Waals surface area contributed by atoms with Crippen LogP contribution in [0.1, 0.15) is 25.0 Å². The second-order valence-corrected chi connectivity index (χ2v) is 6.81. The number of ether oxygens (including phenoxy) is 2. The van der Waals surface area contributed by atoms with E-state index in [1.165, 1.54) is 4.68 Å². The Labute approximate surface area is 158 Å². The summed E-state index contributed by atoms with van der Waals surface area (Å²) in [5.41, 5.74) is 2.31. The van der Waals surface area contributed by atoms with Gasteiger partial charge in [-0.25, -0.2) is 4.68 Å². The highest BCUT2D eigenvalue weighted by atomic mass is 16.5. The van der Waals surface area contributed by atoms with Crippen LogP contribution in [-0.2, 0) is 22.5 Å². The zero-order valence-electron chi connectivity index (χ0n) is 16.0. The monoisotopic (exact) mass is 371 g/mol. The zero-order chi connectivity index (χ0) is 19.4. The Bertz CT molecular complexity index is 861. The molecule has 27 heavy (non-hydrogen) atoms. The summed E-state index contributed by atoms with van der Waals surface area (Å²) in [5.74, 6) is 0.754. The number of hydrogen-bond acceptors (Lipinski definition) is 6. The second kappa shape index (κ2) is 8.24. The highest BCUT2D eigenvalue weighted by Crippen LogP contribution is 2.26. The number of carbonyl (C=O) groups excluding carboxylic acids is 1. The average Bonchev–Trinajstić information content (AvgIpc) is 2.65. The number of fused-ring (bicyclic) bond motifs is 1. The van der Waals surface area contributed by atoms with Gasteiger partial charge in [0.1, 0.15) is 12.3 Å². The molecule has 0 saturated carbocycles. The summed E-state index contributed by atoms with van der Waals surface area (Å²) in [6.45, 7) is 5.43. The normalized spacial score (nSPS) is 16.0. The van der Waals surface area contributed by atoms with E-state index in [0.29, 0.717) is 31.7 Å². The van der Waals surface area contributed by atoms with Crippen LogP contribution in [0.2, 0.25) is 0 Å². The van der Waals surface area contributed by atoms with Crippen LogP contribution in [0.3, 0.4) is 0 Å². The highest BCUT2D eigenvalue weighted by molar-refractivity contribution is 5.76. The van der Waals surface area contributed by atoms with Crippen molar-refractivity contribution in [1.82, 2.24) is 9.78 Å². The van der Waals surface area contributed by atoms with E-state index < -0.39 is 0 Å². The summed E-state index contributed by atoms with van der Waals surface area (Å²) in [5, 5.41) is 4.34. The van der Waals surface area contributed by atoms with Crippen molar-refractivity contribution >= 4 is 11.7 Å². The molecule has 1 aliphatic rings. The summed E-state index contributed by atoms with van der Waals surface area (Å²) in [6, 6.07) is 7.56. The van der Waals surface area contributed by atoms with Gasteiger partial charge in [0.25, 0.3) is 5.56 Å². The lowest BCUT2D eigenvalue weighted by atomic mass is 9.95. The van der Waals surface area contributed by atoms with Crippen LogP contribution in [-0.4, -0.2) is 42.6 Å². The lowest BCUT2D eigenvalue weighted by Crippen LogP contribution is -2.42. The standard InChI is InChI=1S/C20H25N3O4/c1-4-27-19(24)13-22-11-14(2)9-17-18(22)10-21-23(20(17)25)12-15-5-7-16(26-3)8-6-15/h5-8,10,14H,4,9,11-13H2,1-3H3. The number of rotatable bonds is 6. The first-order valence-electron chi connectivity index (χ1n) is 9.14. The van der Waals surface area contributed by atoms with E-state index in [1.54, 1.807) is 20.2 Å². The van der Waals surface area contributed by atoms with E-state index in [4.69, 9.17) is 9.47 Å². The van der Waals surface area contributed by atoms with Crippen LogP contribution >= 0.6 is 0 Å². The van der Waals surface area contributed by atoms with Crippen LogP contribution in [0.25, 0.3) is 0 Å². The third-order valence-electron chi connectivity index (χ3n) is 4.66. The number of esters is 1. The van der Waals surface area contributed by atoms with Gasteiger partial charge in [0.05, 0.1) is 32.1 Å². The predicted octanol–water partition coefficient (Wildman–Crippen LogP) is 1.86. The van der Waals surface area contributed by atoms with Crippen molar-refractivity contribution < 1.29 is 14.3 Å². The van der Waals surface area contributed by atoms with Gasteiger partial charge >= 0.3 is 5.97 Å². The maximum absolute atomic E-state index is 13.0. The van der Waals surface area contributed by atoms with Gasteiger partial charge in [-0.15, -0.1) is 0 Å². The molecular formula is C20H25N3O4. The third kappa shape index (κ3) is 4.30. The fourth-order valence-corrected chi connectivity index (χ4v) is 3.40. The van der Waals surface area contributed by atoms with Gasteiger partial charge in [0.2, 0.25) is 0 Å². The molecule has 3 rings (SSSR count). The van der Waals surface area contributed by atoms with E-state index in [-0.39, 0.29) is 24.0 Å². The molecule has 1 aromatic heterocycles. The molecule has 1 aromatic carbocycles. The molecule has 0 aliphatic carbocycles. The van der Waals surface area contributed by atoms with Crippen LogP contribution in [0, 0.1) is 5.92 Å². The van der Waals surface area contributed by atoms with Crippen LogP contribution < -0.4 is 15.2 Å². The van der Waals surface area contributed by atoms with Crippen molar-refractivity contribution in [2.45, 2.75) is 26.8 Å². The fraction of sp³-hybridized carbons (Fsp3) is 0.450. The van der Waals surface area contributed by atoms with Crippen molar-refractivity contribution in [2.24, 2.45) is 5.92 Å². The molecule has 0 N–H and O–H groups in total. The summed E-state index contributed by atoms with van der Waals surface area (Å²) in [4.78, 5) is 26.8. The van der Waals surface area contributed by atoms with Crippen molar-refractivity contribution in [3.8, 4) is 5.75 Å². The third-order valence-corrected chi connectivity index (χ3v) is 4.66.